The molecule has 1 saturated heterocycles. The third kappa shape index (κ3) is 4.29. The van der Waals surface area contributed by atoms with Crippen molar-refractivity contribution in [2.24, 2.45) is 22.4 Å². The van der Waals surface area contributed by atoms with Crippen molar-refractivity contribution < 1.29 is 4.79 Å². The van der Waals surface area contributed by atoms with Crippen molar-refractivity contribution in [3.8, 4) is 0 Å². The Labute approximate surface area is 90.5 Å². The summed E-state index contributed by atoms with van der Waals surface area (Å²) in [5.41, 5.74) is 10.3. The monoisotopic (exact) mass is 212 g/mol. The Morgan fingerprint density at radius 2 is 2.00 bits per heavy atom. The Morgan fingerprint density at radius 3 is 2.47 bits per heavy atom. The summed E-state index contributed by atoms with van der Waals surface area (Å²) in [6.07, 6.45) is 2.62. The second-order valence-electron chi connectivity index (χ2n) is 4.01. The summed E-state index contributed by atoms with van der Waals surface area (Å²) in [7, 11) is 0. The van der Waals surface area contributed by atoms with E-state index in [0.29, 0.717) is 12.3 Å². The molecule has 1 rings (SSSR count). The Kier molecular flexibility index (Phi) is 4.55. The first kappa shape index (κ1) is 12.0. The third-order valence-electron chi connectivity index (χ3n) is 2.87. The number of hydrogen-bond acceptors (Lipinski definition) is 2. The zero-order chi connectivity index (χ0) is 11.3. The maximum atomic E-state index is 11.3. The molecule has 0 aliphatic carbocycles. The molecule has 5 nitrogen and oxygen atoms in total. The van der Waals surface area contributed by atoms with E-state index in [1.165, 1.54) is 0 Å². The summed E-state index contributed by atoms with van der Waals surface area (Å²) in [4.78, 5) is 17.2. The number of nitrogens with two attached hydrogens (primary N) is 2. The van der Waals surface area contributed by atoms with Gasteiger partial charge in [0.25, 0.3) is 0 Å². The van der Waals surface area contributed by atoms with Crippen molar-refractivity contribution >= 4 is 11.9 Å². The molecule has 1 aliphatic rings. The number of nitrogens with zero attached hydrogens (tertiary/aromatic N) is 2. The molecule has 0 atom stereocenters. The van der Waals surface area contributed by atoms with Gasteiger partial charge in [-0.3, -0.25) is 4.79 Å². The molecule has 0 bridgehead atoms. The first-order valence-electron chi connectivity index (χ1n) is 5.46. The molecule has 1 amide bonds. The number of carbonyl (C=O) groups excluding carboxylic acids is 1. The number of amides is 1. The molecular formula is C10H20N4O. The summed E-state index contributed by atoms with van der Waals surface area (Å²) in [5, 5.41) is 0. The van der Waals surface area contributed by atoms with E-state index in [2.05, 4.69) is 16.8 Å². The minimum Gasteiger partial charge on any atom is -0.370 e. The highest BCUT2D eigenvalue weighted by atomic mass is 16.1. The maximum absolute atomic E-state index is 11.3. The fraction of sp³-hybridized carbons (Fsp3) is 0.800. The molecule has 1 fully saturated rings. The predicted octanol–water partition coefficient (Wildman–Crippen LogP) is -0.0916. The highest BCUT2D eigenvalue weighted by Gasteiger charge is 2.20. The second kappa shape index (κ2) is 5.70. The van der Waals surface area contributed by atoms with Crippen molar-refractivity contribution in [1.29, 1.82) is 0 Å². The fourth-order valence-electron chi connectivity index (χ4n) is 1.94. The van der Waals surface area contributed by atoms with E-state index in [9.17, 15) is 4.79 Å². The van der Waals surface area contributed by atoms with Crippen LogP contribution in [0.15, 0.2) is 4.99 Å². The van der Waals surface area contributed by atoms with Crippen LogP contribution in [0.2, 0.25) is 0 Å². The van der Waals surface area contributed by atoms with Gasteiger partial charge in [-0.15, -0.1) is 0 Å². The first-order valence-corrected chi connectivity index (χ1v) is 5.46. The summed E-state index contributed by atoms with van der Waals surface area (Å²) >= 11 is 0. The van der Waals surface area contributed by atoms with Gasteiger partial charge in [-0.2, -0.15) is 4.99 Å². The van der Waals surface area contributed by atoms with Crippen molar-refractivity contribution in [2.45, 2.75) is 26.2 Å². The van der Waals surface area contributed by atoms with Gasteiger partial charge in [-0.05, 0) is 38.4 Å². The van der Waals surface area contributed by atoms with Crippen molar-refractivity contribution in [1.82, 2.24) is 4.90 Å². The van der Waals surface area contributed by atoms with Crippen LogP contribution in [0.5, 0.6) is 0 Å². The Balaban J connectivity index is 2.29. The smallest absolute Gasteiger partial charge is 0.249 e. The number of piperidine rings is 1. The van der Waals surface area contributed by atoms with Gasteiger partial charge in [0.05, 0.1) is 0 Å². The molecule has 0 unspecified atom stereocenters. The average Bonchev–Trinajstić information content (AvgIpc) is 2.17. The number of guanidine groups is 1. The van der Waals surface area contributed by atoms with E-state index >= 15 is 0 Å². The van der Waals surface area contributed by atoms with Gasteiger partial charge in [0, 0.05) is 6.42 Å². The van der Waals surface area contributed by atoms with Crippen LogP contribution in [0.3, 0.4) is 0 Å². The highest BCUT2D eigenvalue weighted by Crippen LogP contribution is 2.20. The molecule has 0 spiro atoms. The summed E-state index contributed by atoms with van der Waals surface area (Å²) in [6.45, 7) is 5.41. The van der Waals surface area contributed by atoms with Crippen LogP contribution in [0.4, 0.5) is 0 Å². The summed E-state index contributed by atoms with van der Waals surface area (Å²) in [5.74, 6) is 0.124. The standard InChI is InChI=1S/C10H20N4O/c1-2-14-5-3-8(4-6-14)7-9(15)13-10(11)12/h8H,2-7H2,1H3,(H4,11,12,13,15). The average molecular weight is 212 g/mol. The summed E-state index contributed by atoms with van der Waals surface area (Å²) in [6, 6.07) is 0. The Hall–Kier alpha value is -1.10. The molecule has 0 aromatic rings. The van der Waals surface area contributed by atoms with E-state index in [0.717, 1.165) is 32.5 Å². The molecule has 0 aromatic heterocycles. The zero-order valence-electron chi connectivity index (χ0n) is 9.28. The van der Waals surface area contributed by atoms with Crippen molar-refractivity contribution in [3.63, 3.8) is 0 Å². The SMILES string of the molecule is CCN1CCC(CC(=O)N=C(N)N)CC1. The maximum Gasteiger partial charge on any atom is 0.249 e. The Morgan fingerprint density at radius 1 is 1.40 bits per heavy atom. The lowest BCUT2D eigenvalue weighted by molar-refractivity contribution is -0.119. The van der Waals surface area contributed by atoms with Crippen LogP contribution in [0.1, 0.15) is 26.2 Å². The van der Waals surface area contributed by atoms with Crippen LogP contribution in [0, 0.1) is 5.92 Å². The second-order valence-corrected chi connectivity index (χ2v) is 4.01. The molecule has 1 aliphatic heterocycles. The molecule has 5 heteroatoms. The van der Waals surface area contributed by atoms with Crippen LogP contribution in [0.25, 0.3) is 0 Å². The van der Waals surface area contributed by atoms with Crippen LogP contribution in [-0.2, 0) is 4.79 Å². The van der Waals surface area contributed by atoms with E-state index in [1.807, 2.05) is 0 Å². The zero-order valence-corrected chi connectivity index (χ0v) is 9.28. The predicted molar refractivity (Wildman–Crippen MR) is 60.3 cm³/mol. The largest absolute Gasteiger partial charge is 0.370 e. The van der Waals surface area contributed by atoms with Gasteiger partial charge in [0.15, 0.2) is 5.96 Å². The van der Waals surface area contributed by atoms with Gasteiger partial charge >= 0.3 is 0 Å². The lowest BCUT2D eigenvalue weighted by Gasteiger charge is -2.30. The molecule has 0 radical (unpaired) electrons. The van der Waals surface area contributed by atoms with Gasteiger partial charge in [-0.25, -0.2) is 0 Å². The first-order chi connectivity index (χ1) is 7.11. The van der Waals surface area contributed by atoms with Crippen molar-refractivity contribution in [3.05, 3.63) is 0 Å². The Bertz CT molecular complexity index is 240. The molecule has 1 heterocycles. The summed E-state index contributed by atoms with van der Waals surface area (Å²) < 4.78 is 0. The molecule has 0 aromatic carbocycles. The van der Waals surface area contributed by atoms with Crippen LogP contribution in [-0.4, -0.2) is 36.4 Å². The van der Waals surface area contributed by atoms with E-state index < -0.39 is 0 Å². The van der Waals surface area contributed by atoms with Gasteiger partial charge in [0.2, 0.25) is 5.91 Å². The van der Waals surface area contributed by atoms with E-state index in [-0.39, 0.29) is 11.9 Å². The molecule has 4 N–H and O–H groups in total. The lowest BCUT2D eigenvalue weighted by atomic mass is 9.93. The number of carbonyl (C=O) groups is 1. The topological polar surface area (TPSA) is 84.7 Å². The van der Waals surface area contributed by atoms with Gasteiger partial charge in [-0.1, -0.05) is 6.92 Å². The number of rotatable bonds is 3. The molecule has 15 heavy (non-hydrogen) atoms. The van der Waals surface area contributed by atoms with Crippen molar-refractivity contribution in [2.75, 3.05) is 19.6 Å². The minimum absolute atomic E-state index is 0.133. The van der Waals surface area contributed by atoms with Crippen LogP contribution >= 0.6 is 0 Å². The van der Waals surface area contributed by atoms with E-state index in [1.54, 1.807) is 0 Å². The third-order valence-corrected chi connectivity index (χ3v) is 2.87. The lowest BCUT2D eigenvalue weighted by Crippen LogP contribution is -2.34. The van der Waals surface area contributed by atoms with Gasteiger partial charge in [0.1, 0.15) is 0 Å². The quantitative estimate of drug-likeness (QED) is 0.505. The van der Waals surface area contributed by atoms with Crippen LogP contribution < -0.4 is 11.5 Å². The molecule has 0 saturated carbocycles. The number of likely N-dealkylation sites (tertiary alicyclic amines) is 1. The normalized spacial score (nSPS) is 18.7. The fourth-order valence-corrected chi connectivity index (χ4v) is 1.94. The number of aliphatic imine (C=N–C) groups is 1. The molecule has 86 valence electrons. The number of hydrogen-bond donors (Lipinski definition) is 2. The van der Waals surface area contributed by atoms with Gasteiger partial charge < -0.3 is 16.4 Å². The minimum atomic E-state index is -0.190. The van der Waals surface area contributed by atoms with E-state index in [4.69, 9.17) is 11.5 Å². The molecular weight excluding hydrogens is 192 g/mol. The highest BCUT2D eigenvalue weighted by molar-refractivity contribution is 5.91.